The van der Waals surface area contributed by atoms with E-state index < -0.39 is 0 Å². The maximum atomic E-state index is 6.08. The van der Waals surface area contributed by atoms with Gasteiger partial charge in [0, 0.05) is 30.9 Å². The number of ether oxygens (including phenoxy) is 2. The molecule has 0 saturated carbocycles. The number of hydrogen-bond acceptors (Lipinski definition) is 5. The molecule has 1 unspecified atom stereocenters. The molecule has 0 radical (unpaired) electrons. The van der Waals surface area contributed by atoms with Crippen molar-refractivity contribution in [1.82, 2.24) is 9.97 Å². The Kier molecular flexibility index (Phi) is 4.22. The van der Waals surface area contributed by atoms with Gasteiger partial charge in [-0.1, -0.05) is 18.2 Å². The smallest absolute Gasteiger partial charge is 0.156 e. The lowest BCUT2D eigenvalue weighted by atomic mass is 9.90. The molecule has 0 bridgehead atoms. The van der Waals surface area contributed by atoms with Gasteiger partial charge in [0.05, 0.1) is 6.04 Å². The Morgan fingerprint density at radius 3 is 2.87 bits per heavy atom. The Morgan fingerprint density at radius 1 is 1.30 bits per heavy atom. The van der Waals surface area contributed by atoms with Crippen molar-refractivity contribution in [3.63, 3.8) is 0 Å². The van der Waals surface area contributed by atoms with Crippen LogP contribution >= 0.6 is 0 Å². The van der Waals surface area contributed by atoms with E-state index in [1.165, 1.54) is 0 Å². The van der Waals surface area contributed by atoms with E-state index in [1.807, 2.05) is 31.2 Å². The van der Waals surface area contributed by atoms with Crippen LogP contribution in [0.1, 0.15) is 43.4 Å². The second-order valence-electron chi connectivity index (χ2n) is 6.54. The third-order valence-electron chi connectivity index (χ3n) is 3.87. The lowest BCUT2D eigenvalue weighted by Crippen LogP contribution is -2.37. The van der Waals surface area contributed by atoms with Gasteiger partial charge in [0.15, 0.2) is 5.82 Å². The highest BCUT2D eigenvalue weighted by Gasteiger charge is 2.33. The number of fused-ring (bicyclic) bond motifs is 1. The molecule has 0 amide bonds. The Hall–Kier alpha value is -2.14. The van der Waals surface area contributed by atoms with Crippen LogP contribution in [-0.4, -0.2) is 22.7 Å². The maximum absolute atomic E-state index is 6.08. The van der Waals surface area contributed by atoms with Crippen molar-refractivity contribution < 1.29 is 9.47 Å². The summed E-state index contributed by atoms with van der Waals surface area (Å²) in [6.07, 6.45) is 0.868. The van der Waals surface area contributed by atoms with E-state index in [2.05, 4.69) is 35.2 Å². The molecule has 2 heterocycles. The maximum Gasteiger partial charge on any atom is 0.156 e. The van der Waals surface area contributed by atoms with Crippen molar-refractivity contribution in [2.45, 2.75) is 45.4 Å². The van der Waals surface area contributed by atoms with Crippen LogP contribution < -0.4 is 10.1 Å². The quantitative estimate of drug-likeness (QED) is 0.934. The van der Waals surface area contributed by atoms with Crippen LogP contribution in [0.3, 0.4) is 0 Å². The highest BCUT2D eigenvalue weighted by atomic mass is 16.5. The molecule has 0 aliphatic carbocycles. The van der Waals surface area contributed by atoms with Gasteiger partial charge in [0.1, 0.15) is 23.8 Å². The number of nitrogens with zero attached hydrogens (tertiary/aromatic N) is 2. The topological polar surface area (TPSA) is 56.3 Å². The number of benzene rings is 1. The summed E-state index contributed by atoms with van der Waals surface area (Å²) < 4.78 is 11.2. The zero-order chi connectivity index (χ0) is 16.4. The predicted octanol–water partition coefficient (Wildman–Crippen LogP) is 3.65. The van der Waals surface area contributed by atoms with E-state index in [1.54, 1.807) is 7.11 Å². The largest absolute Gasteiger partial charge is 0.487 e. The van der Waals surface area contributed by atoms with Gasteiger partial charge < -0.3 is 14.8 Å². The minimum atomic E-state index is -0.219. The Bertz CT molecular complexity index is 700. The number of aryl methyl sites for hydroxylation is 1. The fourth-order valence-electron chi connectivity index (χ4n) is 3.01. The molecule has 1 atom stereocenters. The first kappa shape index (κ1) is 15.7. The van der Waals surface area contributed by atoms with Gasteiger partial charge in [-0.15, -0.1) is 0 Å². The average Bonchev–Trinajstić information content (AvgIpc) is 2.45. The molecule has 0 saturated heterocycles. The van der Waals surface area contributed by atoms with E-state index in [9.17, 15) is 0 Å². The third kappa shape index (κ3) is 3.62. The molecular weight excluding hydrogens is 290 g/mol. The monoisotopic (exact) mass is 313 g/mol. The number of anilines is 1. The van der Waals surface area contributed by atoms with Crippen LogP contribution in [0, 0.1) is 6.92 Å². The van der Waals surface area contributed by atoms with Crippen LogP contribution in [0.25, 0.3) is 0 Å². The van der Waals surface area contributed by atoms with Crippen LogP contribution in [0.15, 0.2) is 30.3 Å². The number of rotatable bonds is 4. The molecule has 122 valence electrons. The second kappa shape index (κ2) is 6.16. The van der Waals surface area contributed by atoms with Crippen LogP contribution in [0.2, 0.25) is 0 Å². The first-order chi connectivity index (χ1) is 11.0. The van der Waals surface area contributed by atoms with Crippen molar-refractivity contribution in [2.24, 2.45) is 0 Å². The molecule has 0 spiro atoms. The van der Waals surface area contributed by atoms with Gasteiger partial charge in [0.25, 0.3) is 0 Å². The average molecular weight is 313 g/mol. The first-order valence-corrected chi connectivity index (χ1v) is 7.85. The highest BCUT2D eigenvalue weighted by Crippen LogP contribution is 2.40. The van der Waals surface area contributed by atoms with Gasteiger partial charge in [-0.2, -0.15) is 0 Å². The van der Waals surface area contributed by atoms with Gasteiger partial charge in [-0.3, -0.25) is 0 Å². The number of methoxy groups -OCH3 is 1. The summed E-state index contributed by atoms with van der Waals surface area (Å²) >= 11 is 0. The number of para-hydroxylation sites is 1. The molecule has 2 aromatic rings. The van der Waals surface area contributed by atoms with Gasteiger partial charge in [-0.05, 0) is 26.8 Å². The summed E-state index contributed by atoms with van der Waals surface area (Å²) in [6, 6.07) is 10.3. The zero-order valence-electron chi connectivity index (χ0n) is 14.1. The van der Waals surface area contributed by atoms with Crippen molar-refractivity contribution in [2.75, 3.05) is 12.4 Å². The summed E-state index contributed by atoms with van der Waals surface area (Å²) in [6.45, 7) is 6.60. The Balaban J connectivity index is 1.90. The minimum absolute atomic E-state index is 0.152. The van der Waals surface area contributed by atoms with E-state index in [0.717, 1.165) is 29.2 Å². The molecule has 0 fully saturated rings. The standard InChI is InChI=1S/C18H23N3O2/c1-12-9-16(21-17(19-12)11-22-4)20-14-10-18(2,3)23-15-8-6-5-7-13(14)15/h5-9,14H,10-11H2,1-4H3,(H,19,20,21). The summed E-state index contributed by atoms with van der Waals surface area (Å²) in [5, 5.41) is 3.55. The normalized spacial score (nSPS) is 18.9. The summed E-state index contributed by atoms with van der Waals surface area (Å²) in [5.74, 6) is 2.45. The molecule has 1 aliphatic rings. The molecule has 1 aliphatic heterocycles. The van der Waals surface area contributed by atoms with Gasteiger partial charge >= 0.3 is 0 Å². The molecule has 5 nitrogen and oxygen atoms in total. The number of aromatic nitrogens is 2. The molecule has 3 rings (SSSR count). The molecule has 1 aromatic carbocycles. The van der Waals surface area contributed by atoms with Crippen LogP contribution in [-0.2, 0) is 11.3 Å². The fourth-order valence-corrected chi connectivity index (χ4v) is 3.01. The summed E-state index contributed by atoms with van der Waals surface area (Å²) in [7, 11) is 1.65. The Morgan fingerprint density at radius 2 is 2.09 bits per heavy atom. The van der Waals surface area contributed by atoms with Crippen LogP contribution in [0.4, 0.5) is 5.82 Å². The Labute approximate surface area is 137 Å². The zero-order valence-corrected chi connectivity index (χ0v) is 14.1. The van der Waals surface area contributed by atoms with Crippen molar-refractivity contribution in [1.29, 1.82) is 0 Å². The van der Waals surface area contributed by atoms with Gasteiger partial charge in [-0.25, -0.2) is 9.97 Å². The second-order valence-corrected chi connectivity index (χ2v) is 6.54. The molecule has 1 N–H and O–H groups in total. The lowest BCUT2D eigenvalue weighted by molar-refractivity contribution is 0.0758. The van der Waals surface area contributed by atoms with E-state index >= 15 is 0 Å². The van der Waals surface area contributed by atoms with Crippen molar-refractivity contribution in [3.05, 3.63) is 47.4 Å². The van der Waals surface area contributed by atoms with Gasteiger partial charge in [0.2, 0.25) is 0 Å². The summed E-state index contributed by atoms with van der Waals surface area (Å²) in [4.78, 5) is 8.94. The van der Waals surface area contributed by atoms with Crippen molar-refractivity contribution in [3.8, 4) is 5.75 Å². The predicted molar refractivity (Wildman–Crippen MR) is 89.6 cm³/mol. The summed E-state index contributed by atoms with van der Waals surface area (Å²) in [5.41, 5.74) is 1.87. The van der Waals surface area contributed by atoms with E-state index in [0.29, 0.717) is 12.4 Å². The highest BCUT2D eigenvalue weighted by molar-refractivity contribution is 5.46. The van der Waals surface area contributed by atoms with E-state index in [4.69, 9.17) is 9.47 Å². The molecule has 5 heteroatoms. The number of nitrogens with one attached hydrogen (secondary N) is 1. The first-order valence-electron chi connectivity index (χ1n) is 7.85. The van der Waals surface area contributed by atoms with Crippen molar-refractivity contribution >= 4 is 5.82 Å². The SMILES string of the molecule is COCc1nc(C)cc(NC2CC(C)(C)Oc3ccccc32)n1. The molecular formula is C18H23N3O2. The lowest BCUT2D eigenvalue weighted by Gasteiger charge is -2.38. The van der Waals surface area contributed by atoms with Crippen LogP contribution in [0.5, 0.6) is 5.75 Å². The minimum Gasteiger partial charge on any atom is -0.487 e. The fraction of sp³-hybridized carbons (Fsp3) is 0.444. The number of hydrogen-bond donors (Lipinski definition) is 1. The third-order valence-corrected chi connectivity index (χ3v) is 3.87. The van der Waals surface area contributed by atoms with E-state index in [-0.39, 0.29) is 11.6 Å². The molecule has 1 aromatic heterocycles. The molecule has 23 heavy (non-hydrogen) atoms.